The average Bonchev–Trinajstić information content (AvgIpc) is 2.67. The van der Waals surface area contributed by atoms with Crippen LogP contribution in [-0.2, 0) is 0 Å². The van der Waals surface area contributed by atoms with E-state index in [0.29, 0.717) is 6.54 Å². The second-order valence-corrected chi connectivity index (χ2v) is 4.41. The lowest BCUT2D eigenvalue weighted by Gasteiger charge is -2.29. The summed E-state index contributed by atoms with van der Waals surface area (Å²) in [5, 5.41) is 6.91. The van der Waals surface area contributed by atoms with Crippen molar-refractivity contribution >= 4 is 5.69 Å². The summed E-state index contributed by atoms with van der Waals surface area (Å²) in [5.41, 5.74) is 8.35. The first kappa shape index (κ1) is 10.5. The summed E-state index contributed by atoms with van der Waals surface area (Å²) >= 11 is 0. The van der Waals surface area contributed by atoms with Crippen molar-refractivity contribution in [3.05, 3.63) is 29.8 Å². The molecule has 1 atom stereocenters. The summed E-state index contributed by atoms with van der Waals surface area (Å²) in [6.45, 7) is 4.79. The van der Waals surface area contributed by atoms with Gasteiger partial charge >= 0.3 is 0 Å². The van der Waals surface area contributed by atoms with Crippen LogP contribution in [0.15, 0.2) is 24.3 Å². The Bertz CT molecular complexity index is 329. The van der Waals surface area contributed by atoms with E-state index in [1.807, 2.05) is 0 Å². The molecule has 0 amide bonds. The zero-order valence-corrected chi connectivity index (χ0v) is 9.22. The van der Waals surface area contributed by atoms with E-state index in [1.54, 1.807) is 0 Å². The van der Waals surface area contributed by atoms with Gasteiger partial charge in [0.15, 0.2) is 0 Å². The monoisotopic (exact) mass is 205 g/mol. The van der Waals surface area contributed by atoms with E-state index in [-0.39, 0.29) is 5.54 Å². The first-order chi connectivity index (χ1) is 7.24. The lowest BCUT2D eigenvalue weighted by molar-refractivity contribution is 0.523. The quantitative estimate of drug-likeness (QED) is 0.692. The Morgan fingerprint density at radius 2 is 2.40 bits per heavy atom. The standard InChI is InChI=1S/C12H19N3/c1-10-3-2-4-11(7-10)15-12(8-13)5-6-14-9-12/h2-4,7,14-15H,5-6,8-9,13H2,1H3. The van der Waals surface area contributed by atoms with Crippen LogP contribution in [0.3, 0.4) is 0 Å². The number of hydrogen-bond donors (Lipinski definition) is 3. The van der Waals surface area contributed by atoms with Crippen LogP contribution in [-0.4, -0.2) is 25.2 Å². The van der Waals surface area contributed by atoms with Crippen molar-refractivity contribution in [3.8, 4) is 0 Å². The molecule has 3 heteroatoms. The van der Waals surface area contributed by atoms with E-state index in [9.17, 15) is 0 Å². The van der Waals surface area contributed by atoms with Gasteiger partial charge in [-0.25, -0.2) is 0 Å². The molecule has 0 aromatic heterocycles. The Hall–Kier alpha value is -1.06. The van der Waals surface area contributed by atoms with E-state index >= 15 is 0 Å². The molecule has 1 fully saturated rings. The number of rotatable bonds is 3. The van der Waals surface area contributed by atoms with E-state index in [0.717, 1.165) is 19.5 Å². The summed E-state index contributed by atoms with van der Waals surface area (Å²) in [6, 6.07) is 8.44. The van der Waals surface area contributed by atoms with Gasteiger partial charge in [-0.05, 0) is 37.6 Å². The van der Waals surface area contributed by atoms with Gasteiger partial charge < -0.3 is 16.4 Å². The molecule has 2 rings (SSSR count). The van der Waals surface area contributed by atoms with Gasteiger partial charge in [-0.2, -0.15) is 0 Å². The van der Waals surface area contributed by atoms with Gasteiger partial charge in [0.25, 0.3) is 0 Å². The molecule has 82 valence electrons. The van der Waals surface area contributed by atoms with Crippen LogP contribution in [0.25, 0.3) is 0 Å². The maximum atomic E-state index is 5.85. The highest BCUT2D eigenvalue weighted by molar-refractivity contribution is 5.48. The molecule has 1 aromatic carbocycles. The van der Waals surface area contributed by atoms with E-state index in [2.05, 4.69) is 41.8 Å². The molecule has 0 bridgehead atoms. The third-order valence-corrected chi connectivity index (χ3v) is 3.06. The summed E-state index contributed by atoms with van der Waals surface area (Å²) in [6.07, 6.45) is 1.09. The molecule has 1 aromatic rings. The van der Waals surface area contributed by atoms with Gasteiger partial charge in [-0.15, -0.1) is 0 Å². The number of hydrogen-bond acceptors (Lipinski definition) is 3. The van der Waals surface area contributed by atoms with Crippen molar-refractivity contribution in [1.29, 1.82) is 0 Å². The van der Waals surface area contributed by atoms with E-state index in [4.69, 9.17) is 5.73 Å². The summed E-state index contributed by atoms with van der Waals surface area (Å²) < 4.78 is 0. The van der Waals surface area contributed by atoms with Gasteiger partial charge in [0.1, 0.15) is 0 Å². The Balaban J connectivity index is 2.12. The van der Waals surface area contributed by atoms with Crippen LogP contribution in [0, 0.1) is 6.92 Å². The molecule has 0 radical (unpaired) electrons. The molecule has 15 heavy (non-hydrogen) atoms. The molecular weight excluding hydrogens is 186 g/mol. The van der Waals surface area contributed by atoms with E-state index < -0.39 is 0 Å². The Morgan fingerprint density at radius 1 is 1.53 bits per heavy atom. The maximum Gasteiger partial charge on any atom is 0.0631 e. The Labute approximate surface area is 91.1 Å². The average molecular weight is 205 g/mol. The van der Waals surface area contributed by atoms with Gasteiger partial charge in [0, 0.05) is 18.8 Å². The Kier molecular flexibility index (Phi) is 2.93. The predicted molar refractivity (Wildman–Crippen MR) is 64.1 cm³/mol. The molecule has 0 aliphatic carbocycles. The van der Waals surface area contributed by atoms with Crippen LogP contribution in [0.1, 0.15) is 12.0 Å². The van der Waals surface area contributed by atoms with Crippen LogP contribution in [0.4, 0.5) is 5.69 Å². The second kappa shape index (κ2) is 4.21. The highest BCUT2D eigenvalue weighted by atomic mass is 15.1. The van der Waals surface area contributed by atoms with Gasteiger partial charge in [0.2, 0.25) is 0 Å². The van der Waals surface area contributed by atoms with E-state index in [1.165, 1.54) is 11.3 Å². The van der Waals surface area contributed by atoms with Crippen molar-refractivity contribution in [2.24, 2.45) is 5.73 Å². The topological polar surface area (TPSA) is 50.1 Å². The fraction of sp³-hybridized carbons (Fsp3) is 0.500. The van der Waals surface area contributed by atoms with Crippen LogP contribution in [0.2, 0.25) is 0 Å². The van der Waals surface area contributed by atoms with Crippen LogP contribution in [0.5, 0.6) is 0 Å². The number of aryl methyl sites for hydroxylation is 1. The summed E-state index contributed by atoms with van der Waals surface area (Å²) in [5.74, 6) is 0. The zero-order chi connectivity index (χ0) is 10.7. The number of nitrogens with one attached hydrogen (secondary N) is 2. The lowest BCUT2D eigenvalue weighted by Crippen LogP contribution is -2.47. The van der Waals surface area contributed by atoms with Crippen molar-refractivity contribution in [2.75, 3.05) is 25.0 Å². The summed E-state index contributed by atoms with van der Waals surface area (Å²) in [7, 11) is 0. The highest BCUT2D eigenvalue weighted by Crippen LogP contribution is 2.21. The molecular formula is C12H19N3. The number of nitrogens with two attached hydrogens (primary N) is 1. The molecule has 0 saturated carbocycles. The molecule has 1 aliphatic rings. The van der Waals surface area contributed by atoms with Gasteiger partial charge in [-0.1, -0.05) is 12.1 Å². The van der Waals surface area contributed by atoms with Crippen molar-refractivity contribution in [3.63, 3.8) is 0 Å². The van der Waals surface area contributed by atoms with Crippen LogP contribution < -0.4 is 16.4 Å². The summed E-state index contributed by atoms with van der Waals surface area (Å²) in [4.78, 5) is 0. The minimum atomic E-state index is 0.0494. The fourth-order valence-corrected chi connectivity index (χ4v) is 2.10. The van der Waals surface area contributed by atoms with Crippen molar-refractivity contribution in [2.45, 2.75) is 18.9 Å². The normalized spacial score (nSPS) is 25.5. The zero-order valence-electron chi connectivity index (χ0n) is 9.22. The second-order valence-electron chi connectivity index (χ2n) is 4.41. The molecule has 1 saturated heterocycles. The first-order valence-electron chi connectivity index (χ1n) is 5.50. The third-order valence-electron chi connectivity index (χ3n) is 3.06. The predicted octanol–water partition coefficient (Wildman–Crippen LogP) is 1.10. The smallest absolute Gasteiger partial charge is 0.0631 e. The SMILES string of the molecule is Cc1cccc(NC2(CN)CCNC2)c1. The maximum absolute atomic E-state index is 5.85. The molecule has 1 aliphatic heterocycles. The first-order valence-corrected chi connectivity index (χ1v) is 5.50. The van der Waals surface area contributed by atoms with Gasteiger partial charge in [-0.3, -0.25) is 0 Å². The molecule has 1 heterocycles. The minimum Gasteiger partial charge on any atom is -0.377 e. The molecule has 4 N–H and O–H groups in total. The highest BCUT2D eigenvalue weighted by Gasteiger charge is 2.31. The fourth-order valence-electron chi connectivity index (χ4n) is 2.10. The largest absolute Gasteiger partial charge is 0.377 e. The molecule has 3 nitrogen and oxygen atoms in total. The molecule has 0 spiro atoms. The lowest BCUT2D eigenvalue weighted by atomic mass is 9.98. The van der Waals surface area contributed by atoms with Gasteiger partial charge in [0.05, 0.1) is 5.54 Å². The van der Waals surface area contributed by atoms with Crippen LogP contribution >= 0.6 is 0 Å². The minimum absolute atomic E-state index is 0.0494. The number of benzene rings is 1. The van der Waals surface area contributed by atoms with Crippen molar-refractivity contribution in [1.82, 2.24) is 5.32 Å². The Morgan fingerprint density at radius 3 is 3.00 bits per heavy atom. The third kappa shape index (κ3) is 2.30. The van der Waals surface area contributed by atoms with Crippen molar-refractivity contribution < 1.29 is 0 Å². The molecule has 1 unspecified atom stereocenters. The number of anilines is 1.